The Labute approximate surface area is 95.1 Å². The summed E-state index contributed by atoms with van der Waals surface area (Å²) in [4.78, 5) is 13.6. The molecular formula is C5H2Br2ClN3O2. The van der Waals surface area contributed by atoms with Gasteiger partial charge in [0.05, 0.1) is 9.40 Å². The SMILES string of the molecule is O=[N+]([O-])c1c(Cl)ncc(Br)c1NBr. The van der Waals surface area contributed by atoms with Gasteiger partial charge in [0.2, 0.25) is 5.15 Å². The largest absolute Gasteiger partial charge is 0.331 e. The summed E-state index contributed by atoms with van der Waals surface area (Å²) in [7, 11) is 0. The highest BCUT2D eigenvalue weighted by atomic mass is 79.9. The van der Waals surface area contributed by atoms with Crippen LogP contribution < -0.4 is 4.34 Å². The molecule has 0 fully saturated rings. The Morgan fingerprint density at radius 3 is 2.69 bits per heavy atom. The minimum atomic E-state index is -0.607. The number of hydrogen-bond donors (Lipinski definition) is 1. The molecule has 70 valence electrons. The van der Waals surface area contributed by atoms with E-state index < -0.39 is 4.92 Å². The average molecular weight is 331 g/mol. The highest BCUT2D eigenvalue weighted by Gasteiger charge is 2.22. The lowest BCUT2D eigenvalue weighted by molar-refractivity contribution is -0.384. The molecule has 0 aliphatic heterocycles. The maximum absolute atomic E-state index is 10.6. The third kappa shape index (κ3) is 2.09. The van der Waals surface area contributed by atoms with Gasteiger partial charge >= 0.3 is 5.69 Å². The van der Waals surface area contributed by atoms with Crippen molar-refractivity contribution in [2.45, 2.75) is 0 Å². The summed E-state index contributed by atoms with van der Waals surface area (Å²) in [5, 5.41) is 10.4. The summed E-state index contributed by atoms with van der Waals surface area (Å²) in [6.07, 6.45) is 1.37. The van der Waals surface area contributed by atoms with E-state index in [9.17, 15) is 10.1 Å². The van der Waals surface area contributed by atoms with Crippen molar-refractivity contribution < 1.29 is 4.92 Å². The van der Waals surface area contributed by atoms with Gasteiger partial charge < -0.3 is 4.34 Å². The summed E-state index contributed by atoms with van der Waals surface area (Å²) in [5.41, 5.74) is -0.0297. The number of pyridine rings is 1. The molecule has 0 radical (unpaired) electrons. The smallest absolute Gasteiger partial charge is 0.315 e. The monoisotopic (exact) mass is 329 g/mol. The van der Waals surface area contributed by atoms with Gasteiger partial charge in [-0.2, -0.15) is 0 Å². The van der Waals surface area contributed by atoms with Crippen molar-refractivity contribution in [3.8, 4) is 0 Å². The third-order valence-electron chi connectivity index (χ3n) is 1.24. The average Bonchev–Trinajstić information content (AvgIpc) is 2.07. The molecule has 0 spiro atoms. The summed E-state index contributed by atoms with van der Waals surface area (Å²) in [5.74, 6) is 0. The van der Waals surface area contributed by atoms with Crippen LogP contribution in [0.15, 0.2) is 10.7 Å². The van der Waals surface area contributed by atoms with Crippen LogP contribution in [0.3, 0.4) is 0 Å². The van der Waals surface area contributed by atoms with Crippen molar-refractivity contribution >= 4 is 55.1 Å². The van der Waals surface area contributed by atoms with Crippen LogP contribution in [0.25, 0.3) is 0 Å². The van der Waals surface area contributed by atoms with E-state index in [0.717, 1.165) is 0 Å². The van der Waals surface area contributed by atoms with E-state index in [1.165, 1.54) is 6.20 Å². The Balaban J connectivity index is 3.43. The van der Waals surface area contributed by atoms with Crippen molar-refractivity contribution in [1.82, 2.24) is 4.98 Å². The summed E-state index contributed by atoms with van der Waals surface area (Å²) < 4.78 is 2.94. The van der Waals surface area contributed by atoms with E-state index in [0.29, 0.717) is 4.47 Å². The van der Waals surface area contributed by atoms with E-state index in [4.69, 9.17) is 11.6 Å². The number of rotatable bonds is 2. The molecule has 0 saturated heterocycles. The van der Waals surface area contributed by atoms with Crippen molar-refractivity contribution in [3.63, 3.8) is 0 Å². The van der Waals surface area contributed by atoms with E-state index in [-0.39, 0.29) is 16.5 Å². The van der Waals surface area contributed by atoms with Crippen molar-refractivity contribution in [2.75, 3.05) is 4.34 Å². The van der Waals surface area contributed by atoms with Crippen LogP contribution in [0.5, 0.6) is 0 Å². The number of aromatic nitrogens is 1. The molecule has 0 aliphatic carbocycles. The second kappa shape index (κ2) is 4.21. The van der Waals surface area contributed by atoms with Gasteiger partial charge in [-0.15, -0.1) is 0 Å². The molecular weight excluding hydrogens is 329 g/mol. The van der Waals surface area contributed by atoms with Gasteiger partial charge in [-0.25, -0.2) is 4.98 Å². The second-order valence-electron chi connectivity index (χ2n) is 1.97. The number of nitrogens with one attached hydrogen (secondary N) is 1. The van der Waals surface area contributed by atoms with E-state index in [1.807, 2.05) is 0 Å². The molecule has 1 N–H and O–H groups in total. The molecule has 0 aliphatic rings. The second-order valence-corrected chi connectivity index (χ2v) is 3.58. The van der Waals surface area contributed by atoms with E-state index in [1.54, 1.807) is 0 Å². The fraction of sp³-hybridized carbons (Fsp3) is 0. The summed E-state index contributed by atoms with van der Waals surface area (Å²) in [6, 6.07) is 0. The van der Waals surface area contributed by atoms with Gasteiger partial charge in [0, 0.05) is 22.3 Å². The molecule has 1 aromatic heterocycles. The lowest BCUT2D eigenvalue weighted by Crippen LogP contribution is -1.96. The first-order valence-electron chi connectivity index (χ1n) is 2.93. The molecule has 0 bridgehead atoms. The van der Waals surface area contributed by atoms with Gasteiger partial charge in [-0.3, -0.25) is 10.1 Å². The molecule has 8 heteroatoms. The molecule has 0 amide bonds. The Hall–Kier alpha value is -0.400. The predicted octanol–water partition coefficient (Wildman–Crippen LogP) is 3.13. The molecule has 0 atom stereocenters. The number of nitrogens with zero attached hydrogens (tertiary/aromatic N) is 2. The molecule has 1 rings (SSSR count). The molecule has 0 unspecified atom stereocenters. The molecule has 13 heavy (non-hydrogen) atoms. The topological polar surface area (TPSA) is 68.1 Å². The van der Waals surface area contributed by atoms with Crippen LogP contribution in [0.1, 0.15) is 0 Å². The minimum absolute atomic E-state index is 0.157. The predicted molar refractivity (Wildman–Crippen MR) is 56.2 cm³/mol. The molecule has 5 nitrogen and oxygen atoms in total. The fourth-order valence-corrected chi connectivity index (χ4v) is 1.98. The van der Waals surface area contributed by atoms with Gasteiger partial charge in [0.1, 0.15) is 5.69 Å². The number of halogens is 3. The lowest BCUT2D eigenvalue weighted by atomic mass is 10.4. The van der Waals surface area contributed by atoms with Crippen molar-refractivity contribution in [3.05, 3.63) is 25.9 Å². The van der Waals surface area contributed by atoms with Crippen LogP contribution in [-0.4, -0.2) is 9.91 Å². The number of anilines is 1. The normalized spacial score (nSPS) is 9.77. The number of nitro groups is 1. The first kappa shape index (κ1) is 10.7. The quantitative estimate of drug-likeness (QED) is 0.391. The lowest BCUT2D eigenvalue weighted by Gasteiger charge is -2.03. The van der Waals surface area contributed by atoms with Crippen LogP contribution in [0.2, 0.25) is 5.15 Å². The van der Waals surface area contributed by atoms with Crippen LogP contribution in [0, 0.1) is 10.1 Å². The summed E-state index contributed by atoms with van der Waals surface area (Å²) >= 11 is 11.5. The van der Waals surface area contributed by atoms with E-state index in [2.05, 4.69) is 41.4 Å². The first-order chi connectivity index (χ1) is 6.07. The Kier molecular flexibility index (Phi) is 3.46. The minimum Gasteiger partial charge on any atom is -0.315 e. The highest BCUT2D eigenvalue weighted by Crippen LogP contribution is 2.37. The zero-order chi connectivity index (χ0) is 10.0. The zero-order valence-corrected chi connectivity index (χ0v) is 9.85. The first-order valence-corrected chi connectivity index (χ1v) is 4.89. The highest BCUT2D eigenvalue weighted by molar-refractivity contribution is 9.11. The maximum atomic E-state index is 10.6. The Bertz CT molecular complexity index is 360. The number of hydrogen-bond acceptors (Lipinski definition) is 4. The third-order valence-corrected chi connectivity index (χ3v) is 2.51. The fourth-order valence-electron chi connectivity index (χ4n) is 0.712. The Morgan fingerprint density at radius 2 is 2.31 bits per heavy atom. The standard InChI is InChI=1S/C5H2Br2ClN3O2/c6-2-1-9-5(8)4(11(12)13)3(2)10-7/h1H,(H,9,10). The molecule has 1 aromatic rings. The Morgan fingerprint density at radius 1 is 1.69 bits per heavy atom. The molecule has 0 aromatic carbocycles. The van der Waals surface area contributed by atoms with E-state index >= 15 is 0 Å². The van der Waals surface area contributed by atoms with Gasteiger partial charge in [0.25, 0.3) is 0 Å². The molecule has 0 saturated carbocycles. The zero-order valence-electron chi connectivity index (χ0n) is 5.92. The van der Waals surface area contributed by atoms with Crippen LogP contribution in [-0.2, 0) is 0 Å². The summed E-state index contributed by atoms with van der Waals surface area (Å²) in [6.45, 7) is 0. The van der Waals surface area contributed by atoms with Gasteiger partial charge in [0.15, 0.2) is 0 Å². The van der Waals surface area contributed by atoms with Gasteiger partial charge in [-0.05, 0) is 15.9 Å². The van der Waals surface area contributed by atoms with Crippen LogP contribution in [0.4, 0.5) is 11.4 Å². The van der Waals surface area contributed by atoms with Crippen molar-refractivity contribution in [2.24, 2.45) is 0 Å². The van der Waals surface area contributed by atoms with Gasteiger partial charge in [-0.1, -0.05) is 11.6 Å². The maximum Gasteiger partial charge on any atom is 0.331 e. The molecule has 1 heterocycles. The van der Waals surface area contributed by atoms with Crippen molar-refractivity contribution in [1.29, 1.82) is 0 Å². The van der Waals surface area contributed by atoms with Crippen LogP contribution >= 0.6 is 43.7 Å².